The fraction of sp³-hybridized carbons (Fsp3) is 0. The molecule has 0 unspecified atom stereocenters. The minimum Gasteiger partial charge on any atom is -0.0622 e. The van der Waals surface area contributed by atoms with Crippen LogP contribution < -0.4 is 0 Å². The Labute approximate surface area is 312 Å². The third-order valence-electron chi connectivity index (χ3n) is 9.48. The maximum absolute atomic E-state index is 4.21. The summed E-state index contributed by atoms with van der Waals surface area (Å²) in [5.74, 6) is 0. The highest BCUT2D eigenvalue weighted by Gasteiger charge is 2.29. The van der Waals surface area contributed by atoms with E-state index in [4.69, 9.17) is 0 Å². The van der Waals surface area contributed by atoms with Crippen LogP contribution >= 0.6 is 63.7 Å². The summed E-state index contributed by atoms with van der Waals surface area (Å²) in [4.78, 5) is 0. The van der Waals surface area contributed by atoms with Gasteiger partial charge in [0.15, 0.2) is 0 Å². The minimum atomic E-state index is 1.06. The van der Waals surface area contributed by atoms with Gasteiger partial charge < -0.3 is 0 Å². The standard InChI is InChI=1S/C44H24Br4/c45-31-24-22-30-38-34(26-15-7-2-8-16-26)36(28-19-11-4-12-20-28)44(48)42-32(46)23-21-29(40(38)42)37-33(25-13-5-1-6-14-25)35(27-17-9-3-10-18-27)43(47)41(31)39(30)37/h1-24H. The summed E-state index contributed by atoms with van der Waals surface area (Å²) in [6.45, 7) is 0. The molecule has 0 amide bonds. The quantitative estimate of drug-likeness (QED) is 0.122. The topological polar surface area (TPSA) is 0 Å². The lowest BCUT2D eigenvalue weighted by molar-refractivity contribution is 1.59. The highest BCUT2D eigenvalue weighted by molar-refractivity contribution is 9.11. The molecule has 228 valence electrons. The first-order chi connectivity index (χ1) is 23.5. The summed E-state index contributed by atoms with van der Waals surface area (Å²) in [5, 5.41) is 9.77. The predicted molar refractivity (Wildman–Crippen MR) is 220 cm³/mol. The number of rotatable bonds is 4. The lowest BCUT2D eigenvalue weighted by Gasteiger charge is -2.26. The van der Waals surface area contributed by atoms with Crippen LogP contribution in [0, 0.1) is 0 Å². The van der Waals surface area contributed by atoms with Crippen molar-refractivity contribution >= 4 is 107 Å². The Morgan fingerprint density at radius 2 is 0.542 bits per heavy atom. The van der Waals surface area contributed by atoms with Crippen molar-refractivity contribution in [2.24, 2.45) is 0 Å². The number of halogens is 4. The minimum absolute atomic E-state index is 1.06. The monoisotopic (exact) mass is 868 g/mol. The van der Waals surface area contributed by atoms with Crippen molar-refractivity contribution in [1.82, 2.24) is 0 Å². The molecule has 0 aromatic heterocycles. The molecule has 0 radical (unpaired) electrons. The van der Waals surface area contributed by atoms with Gasteiger partial charge in [-0.1, -0.05) is 165 Å². The summed E-state index contributed by atoms with van der Waals surface area (Å²) in [6, 6.07) is 52.3. The second kappa shape index (κ2) is 12.0. The molecule has 9 aromatic rings. The van der Waals surface area contributed by atoms with Gasteiger partial charge in [-0.25, -0.2) is 0 Å². The first-order valence-electron chi connectivity index (χ1n) is 15.7. The third kappa shape index (κ3) is 4.50. The van der Waals surface area contributed by atoms with Gasteiger partial charge in [0.2, 0.25) is 0 Å². The molecule has 48 heavy (non-hydrogen) atoms. The molecule has 0 atom stereocenters. The van der Waals surface area contributed by atoms with Crippen LogP contribution in [0.15, 0.2) is 163 Å². The van der Waals surface area contributed by atoms with Crippen molar-refractivity contribution in [1.29, 1.82) is 0 Å². The van der Waals surface area contributed by atoms with Crippen LogP contribution in [0.1, 0.15) is 0 Å². The molecular weight excluding hydrogens is 848 g/mol. The summed E-state index contributed by atoms with van der Waals surface area (Å²) >= 11 is 16.5. The molecule has 0 fully saturated rings. The highest BCUT2D eigenvalue weighted by atomic mass is 79.9. The Balaban J connectivity index is 1.65. The zero-order valence-electron chi connectivity index (χ0n) is 25.4. The first kappa shape index (κ1) is 30.3. The van der Waals surface area contributed by atoms with Gasteiger partial charge in [-0.2, -0.15) is 0 Å². The van der Waals surface area contributed by atoms with Gasteiger partial charge in [0, 0.05) is 50.6 Å². The average Bonchev–Trinajstić information content (AvgIpc) is 3.13. The van der Waals surface area contributed by atoms with Crippen molar-refractivity contribution in [3.8, 4) is 44.5 Å². The number of hydrogen-bond donors (Lipinski definition) is 0. The molecule has 0 heterocycles. The number of fused-ring (bicyclic) bond motifs is 2. The maximum atomic E-state index is 4.21. The van der Waals surface area contributed by atoms with Crippen molar-refractivity contribution in [2.45, 2.75) is 0 Å². The maximum Gasteiger partial charge on any atom is 0.0350 e. The Kier molecular flexibility index (Phi) is 7.54. The second-order valence-electron chi connectivity index (χ2n) is 12.0. The van der Waals surface area contributed by atoms with E-state index in [9.17, 15) is 0 Å². The van der Waals surface area contributed by atoms with E-state index >= 15 is 0 Å². The molecule has 0 saturated heterocycles. The molecule has 0 nitrogen and oxygen atoms in total. The molecule has 9 rings (SSSR count). The summed E-state index contributed by atoms with van der Waals surface area (Å²) in [5.41, 5.74) is 9.52. The lowest BCUT2D eigenvalue weighted by Crippen LogP contribution is -1.99. The van der Waals surface area contributed by atoms with E-state index in [0.29, 0.717) is 0 Å². The average molecular weight is 872 g/mol. The largest absolute Gasteiger partial charge is 0.0622 e. The molecule has 4 heteroatoms. The van der Waals surface area contributed by atoms with Gasteiger partial charge in [0.25, 0.3) is 0 Å². The highest BCUT2D eigenvalue weighted by Crippen LogP contribution is 2.57. The van der Waals surface area contributed by atoms with Crippen LogP contribution in [0.3, 0.4) is 0 Å². The van der Waals surface area contributed by atoms with Crippen LogP contribution in [-0.2, 0) is 0 Å². The van der Waals surface area contributed by atoms with Gasteiger partial charge in [-0.3, -0.25) is 0 Å². The van der Waals surface area contributed by atoms with E-state index in [2.05, 4.69) is 209 Å². The normalized spacial score (nSPS) is 11.8. The van der Waals surface area contributed by atoms with Crippen molar-refractivity contribution in [3.05, 3.63) is 163 Å². The van der Waals surface area contributed by atoms with E-state index in [0.717, 1.165) is 17.9 Å². The fourth-order valence-corrected chi connectivity index (χ4v) is 10.8. The molecule has 0 bridgehead atoms. The fourth-order valence-electron chi connectivity index (χ4n) is 7.57. The zero-order valence-corrected chi connectivity index (χ0v) is 31.7. The molecule has 0 aliphatic carbocycles. The molecule has 0 N–H and O–H groups in total. The van der Waals surface area contributed by atoms with E-state index < -0.39 is 0 Å². The Hall–Kier alpha value is -3.80. The van der Waals surface area contributed by atoms with E-state index in [-0.39, 0.29) is 0 Å². The molecule has 9 aromatic carbocycles. The second-order valence-corrected chi connectivity index (χ2v) is 15.3. The number of hydrogen-bond acceptors (Lipinski definition) is 0. The molecule has 0 saturated carbocycles. The lowest BCUT2D eigenvalue weighted by atomic mass is 9.79. The van der Waals surface area contributed by atoms with Crippen LogP contribution in [0.2, 0.25) is 0 Å². The smallest absolute Gasteiger partial charge is 0.0350 e. The summed E-state index contributed by atoms with van der Waals surface area (Å²) in [6.07, 6.45) is 0. The zero-order chi connectivity index (χ0) is 32.5. The number of benzene rings is 9. The van der Waals surface area contributed by atoms with E-state index in [1.165, 1.54) is 87.6 Å². The molecule has 0 aliphatic rings. The van der Waals surface area contributed by atoms with Crippen LogP contribution in [0.5, 0.6) is 0 Å². The van der Waals surface area contributed by atoms with Crippen molar-refractivity contribution in [2.75, 3.05) is 0 Å². The predicted octanol–water partition coefficient (Wildman–Crippen LogP) is 15.5. The summed E-state index contributed by atoms with van der Waals surface area (Å²) in [7, 11) is 0. The first-order valence-corrected chi connectivity index (χ1v) is 18.9. The van der Waals surface area contributed by atoms with Crippen molar-refractivity contribution in [3.63, 3.8) is 0 Å². The molecular formula is C44H24Br4. The third-order valence-corrected chi connectivity index (χ3v) is 12.4. The van der Waals surface area contributed by atoms with Crippen molar-refractivity contribution < 1.29 is 0 Å². The Bertz CT molecular complexity index is 2480. The Morgan fingerprint density at radius 3 is 0.854 bits per heavy atom. The van der Waals surface area contributed by atoms with Gasteiger partial charge in [0.05, 0.1) is 0 Å². The van der Waals surface area contributed by atoms with Gasteiger partial charge in [-0.05, 0) is 98.9 Å². The van der Waals surface area contributed by atoms with Gasteiger partial charge >= 0.3 is 0 Å². The van der Waals surface area contributed by atoms with Crippen LogP contribution in [0.25, 0.3) is 87.6 Å². The van der Waals surface area contributed by atoms with Crippen LogP contribution in [0.4, 0.5) is 0 Å². The van der Waals surface area contributed by atoms with E-state index in [1.807, 2.05) is 0 Å². The van der Waals surface area contributed by atoms with Gasteiger partial charge in [0.1, 0.15) is 0 Å². The molecule has 0 spiro atoms. The van der Waals surface area contributed by atoms with E-state index in [1.54, 1.807) is 0 Å². The summed E-state index contributed by atoms with van der Waals surface area (Å²) < 4.78 is 4.28. The SMILES string of the molecule is Brc1ccc2c3c(-c4ccccc4)c(-c4ccccc4)c(Br)c4c(Br)ccc(c5c(-c6ccccc6)c(-c6ccccc6)c(Br)c1c25)c43. The van der Waals surface area contributed by atoms with Crippen LogP contribution in [-0.4, -0.2) is 0 Å². The van der Waals surface area contributed by atoms with Gasteiger partial charge in [-0.15, -0.1) is 0 Å². The Morgan fingerprint density at radius 1 is 0.250 bits per heavy atom. The molecule has 0 aliphatic heterocycles.